The molecule has 0 bridgehead atoms. The van der Waals surface area contributed by atoms with Crippen molar-refractivity contribution in [2.24, 2.45) is 5.92 Å². The molecule has 0 heterocycles. The maximum Gasteiger partial charge on any atom is 0.0692 e. The average Bonchev–Trinajstić information content (AvgIpc) is 2.18. The minimum Gasteiger partial charge on any atom is -0.392 e. The molecular weight excluding hydrogens is 228 g/mol. The average molecular weight is 245 g/mol. The van der Waals surface area contributed by atoms with E-state index in [1.807, 2.05) is 18.2 Å². The fourth-order valence-corrected chi connectivity index (χ4v) is 2.49. The van der Waals surface area contributed by atoms with Gasteiger partial charge in [0.2, 0.25) is 0 Å². The Labute approximate surface area is 101 Å². The first-order chi connectivity index (χ1) is 7.04. The standard InChI is InChI=1S/C12H17ClOS/c1-8(2)9(3)15-12-6-11(13)5-4-10(12)7-14/h4-6,8-9,14H,7H2,1-3H3. The number of rotatable bonds is 4. The van der Waals surface area contributed by atoms with Gasteiger partial charge >= 0.3 is 0 Å². The Bertz CT molecular complexity index is 325. The van der Waals surface area contributed by atoms with Crippen LogP contribution in [-0.4, -0.2) is 10.4 Å². The molecule has 0 amide bonds. The predicted octanol–water partition coefficient (Wildman–Crippen LogP) is 3.97. The van der Waals surface area contributed by atoms with Gasteiger partial charge in [-0.1, -0.05) is 38.4 Å². The second kappa shape index (κ2) is 5.78. The van der Waals surface area contributed by atoms with Crippen LogP contribution in [0.1, 0.15) is 26.3 Å². The Hall–Kier alpha value is -0.180. The number of aliphatic hydroxyl groups excluding tert-OH is 1. The van der Waals surface area contributed by atoms with E-state index >= 15 is 0 Å². The number of benzene rings is 1. The summed E-state index contributed by atoms with van der Waals surface area (Å²) in [6, 6.07) is 5.63. The summed E-state index contributed by atoms with van der Waals surface area (Å²) in [5, 5.41) is 10.5. The van der Waals surface area contributed by atoms with Gasteiger partial charge in [0.1, 0.15) is 0 Å². The van der Waals surface area contributed by atoms with Crippen molar-refractivity contribution in [1.82, 2.24) is 0 Å². The number of thioether (sulfide) groups is 1. The van der Waals surface area contributed by atoms with Crippen LogP contribution in [0, 0.1) is 5.92 Å². The van der Waals surface area contributed by atoms with Crippen molar-refractivity contribution < 1.29 is 5.11 Å². The maximum atomic E-state index is 9.20. The van der Waals surface area contributed by atoms with Gasteiger partial charge < -0.3 is 5.11 Å². The van der Waals surface area contributed by atoms with E-state index < -0.39 is 0 Å². The summed E-state index contributed by atoms with van der Waals surface area (Å²) >= 11 is 7.71. The molecule has 0 radical (unpaired) electrons. The molecular formula is C12H17ClOS. The van der Waals surface area contributed by atoms with Crippen LogP contribution in [0.2, 0.25) is 5.02 Å². The van der Waals surface area contributed by atoms with Gasteiger partial charge in [0.25, 0.3) is 0 Å². The number of halogens is 1. The molecule has 15 heavy (non-hydrogen) atoms. The van der Waals surface area contributed by atoms with Crippen LogP contribution in [0.3, 0.4) is 0 Å². The highest BCUT2D eigenvalue weighted by Crippen LogP contribution is 2.32. The fraction of sp³-hybridized carbons (Fsp3) is 0.500. The topological polar surface area (TPSA) is 20.2 Å². The Morgan fingerprint density at radius 3 is 2.53 bits per heavy atom. The lowest BCUT2D eigenvalue weighted by molar-refractivity contribution is 0.279. The van der Waals surface area contributed by atoms with Crippen molar-refractivity contribution in [2.75, 3.05) is 0 Å². The van der Waals surface area contributed by atoms with Crippen molar-refractivity contribution in [2.45, 2.75) is 37.5 Å². The van der Waals surface area contributed by atoms with E-state index in [-0.39, 0.29) is 6.61 Å². The predicted molar refractivity (Wildman–Crippen MR) is 67.5 cm³/mol. The minimum absolute atomic E-state index is 0.0737. The lowest BCUT2D eigenvalue weighted by atomic mass is 10.2. The molecule has 1 aromatic rings. The molecule has 3 heteroatoms. The van der Waals surface area contributed by atoms with E-state index in [1.54, 1.807) is 11.8 Å². The van der Waals surface area contributed by atoms with E-state index in [1.165, 1.54) is 0 Å². The zero-order valence-electron chi connectivity index (χ0n) is 9.33. The summed E-state index contributed by atoms with van der Waals surface area (Å²) in [5.41, 5.74) is 0.955. The van der Waals surface area contributed by atoms with E-state index in [0.29, 0.717) is 11.2 Å². The Kier molecular flexibility index (Phi) is 4.97. The van der Waals surface area contributed by atoms with Gasteiger partial charge in [0.05, 0.1) is 6.61 Å². The molecule has 1 atom stereocenters. The zero-order chi connectivity index (χ0) is 11.4. The van der Waals surface area contributed by atoms with E-state index in [2.05, 4.69) is 20.8 Å². The Morgan fingerprint density at radius 2 is 2.00 bits per heavy atom. The highest BCUT2D eigenvalue weighted by Gasteiger charge is 2.11. The Morgan fingerprint density at radius 1 is 1.33 bits per heavy atom. The molecule has 0 aromatic heterocycles. The van der Waals surface area contributed by atoms with Gasteiger partial charge in [-0.05, 0) is 23.6 Å². The normalized spacial score (nSPS) is 13.2. The monoisotopic (exact) mass is 244 g/mol. The van der Waals surface area contributed by atoms with Gasteiger partial charge in [-0.3, -0.25) is 0 Å². The molecule has 1 unspecified atom stereocenters. The largest absolute Gasteiger partial charge is 0.392 e. The molecule has 0 aliphatic carbocycles. The van der Waals surface area contributed by atoms with Crippen LogP contribution >= 0.6 is 23.4 Å². The molecule has 0 aliphatic heterocycles. The first-order valence-electron chi connectivity index (χ1n) is 5.10. The number of hydrogen-bond donors (Lipinski definition) is 1. The molecule has 0 saturated heterocycles. The van der Waals surface area contributed by atoms with Crippen molar-refractivity contribution in [3.05, 3.63) is 28.8 Å². The highest BCUT2D eigenvalue weighted by atomic mass is 35.5. The maximum absolute atomic E-state index is 9.20. The molecule has 0 fully saturated rings. The third-order valence-corrected chi connectivity index (χ3v) is 4.24. The summed E-state index contributed by atoms with van der Waals surface area (Å²) in [5.74, 6) is 0.612. The summed E-state index contributed by atoms with van der Waals surface area (Å²) < 4.78 is 0. The van der Waals surface area contributed by atoms with E-state index in [9.17, 15) is 5.11 Å². The van der Waals surface area contributed by atoms with Gasteiger partial charge in [0, 0.05) is 15.2 Å². The summed E-state index contributed by atoms with van der Waals surface area (Å²) in [4.78, 5) is 1.09. The van der Waals surface area contributed by atoms with E-state index in [0.717, 1.165) is 15.5 Å². The van der Waals surface area contributed by atoms with Crippen LogP contribution in [0.15, 0.2) is 23.1 Å². The van der Waals surface area contributed by atoms with Crippen molar-refractivity contribution in [3.8, 4) is 0 Å². The van der Waals surface area contributed by atoms with E-state index in [4.69, 9.17) is 11.6 Å². The lowest BCUT2D eigenvalue weighted by Crippen LogP contribution is -2.06. The second-order valence-electron chi connectivity index (χ2n) is 3.98. The zero-order valence-corrected chi connectivity index (χ0v) is 10.9. The molecule has 1 rings (SSSR count). The smallest absolute Gasteiger partial charge is 0.0692 e. The molecule has 1 N–H and O–H groups in total. The first-order valence-corrected chi connectivity index (χ1v) is 6.36. The van der Waals surface area contributed by atoms with Crippen LogP contribution in [0.5, 0.6) is 0 Å². The lowest BCUT2D eigenvalue weighted by Gasteiger charge is -2.16. The van der Waals surface area contributed by atoms with Gasteiger partial charge in [-0.2, -0.15) is 0 Å². The summed E-state index contributed by atoms with van der Waals surface area (Å²) in [7, 11) is 0. The van der Waals surface area contributed by atoms with Gasteiger partial charge in [-0.15, -0.1) is 11.8 Å². The van der Waals surface area contributed by atoms with Crippen molar-refractivity contribution in [1.29, 1.82) is 0 Å². The van der Waals surface area contributed by atoms with Crippen LogP contribution in [0.25, 0.3) is 0 Å². The molecule has 0 saturated carbocycles. The molecule has 0 aliphatic rings. The number of hydrogen-bond acceptors (Lipinski definition) is 2. The minimum atomic E-state index is 0.0737. The van der Waals surface area contributed by atoms with Gasteiger partial charge in [-0.25, -0.2) is 0 Å². The van der Waals surface area contributed by atoms with Crippen LogP contribution < -0.4 is 0 Å². The quantitative estimate of drug-likeness (QED) is 0.809. The molecule has 0 spiro atoms. The number of aliphatic hydroxyl groups is 1. The molecule has 84 valence electrons. The van der Waals surface area contributed by atoms with Crippen LogP contribution in [0.4, 0.5) is 0 Å². The fourth-order valence-electron chi connectivity index (χ4n) is 1.11. The van der Waals surface area contributed by atoms with Crippen molar-refractivity contribution in [3.63, 3.8) is 0 Å². The second-order valence-corrected chi connectivity index (χ2v) is 5.83. The first kappa shape index (κ1) is 12.9. The van der Waals surface area contributed by atoms with Gasteiger partial charge in [0.15, 0.2) is 0 Å². The SMILES string of the molecule is CC(C)C(C)Sc1cc(Cl)ccc1CO. The third kappa shape index (κ3) is 3.71. The highest BCUT2D eigenvalue weighted by molar-refractivity contribution is 8.00. The summed E-state index contributed by atoms with van der Waals surface area (Å²) in [6.45, 7) is 6.66. The van der Waals surface area contributed by atoms with Crippen molar-refractivity contribution >= 4 is 23.4 Å². The van der Waals surface area contributed by atoms with Crippen LogP contribution in [-0.2, 0) is 6.61 Å². The Balaban J connectivity index is 2.87. The third-order valence-electron chi connectivity index (χ3n) is 2.45. The summed E-state index contributed by atoms with van der Waals surface area (Å²) in [6.07, 6.45) is 0. The molecule has 1 aromatic carbocycles. The molecule has 1 nitrogen and oxygen atoms in total.